The summed E-state index contributed by atoms with van der Waals surface area (Å²) in [5.41, 5.74) is 11.2. The first-order valence-corrected chi connectivity index (χ1v) is 19.8. The highest BCUT2D eigenvalue weighted by molar-refractivity contribution is 6.08. The minimum atomic E-state index is -0.0521. The van der Waals surface area contributed by atoms with Gasteiger partial charge in [-0.05, 0) is 96.0 Å². The van der Waals surface area contributed by atoms with Crippen LogP contribution < -0.4 is 15.0 Å². The third-order valence-electron chi connectivity index (χ3n) is 11.9. The Hall–Kier alpha value is -5.22. The lowest BCUT2D eigenvalue weighted by Crippen LogP contribution is -2.52. The van der Waals surface area contributed by atoms with Crippen LogP contribution in [0.3, 0.4) is 0 Å². The van der Waals surface area contributed by atoms with Gasteiger partial charge in [0.25, 0.3) is 11.8 Å². The third kappa shape index (κ3) is 7.20. The summed E-state index contributed by atoms with van der Waals surface area (Å²) in [6, 6.07) is 32.8. The van der Waals surface area contributed by atoms with Crippen LogP contribution in [0.4, 0.5) is 5.69 Å². The van der Waals surface area contributed by atoms with Crippen molar-refractivity contribution in [2.45, 2.75) is 64.5 Å². The fourth-order valence-electron chi connectivity index (χ4n) is 8.85. The van der Waals surface area contributed by atoms with Crippen LogP contribution in [0.25, 0.3) is 11.3 Å². The zero-order valence-corrected chi connectivity index (χ0v) is 31.6. The van der Waals surface area contributed by atoms with Crippen molar-refractivity contribution in [1.82, 2.24) is 19.7 Å². The Morgan fingerprint density at radius 2 is 1.56 bits per heavy atom. The molecule has 282 valence electrons. The lowest BCUT2D eigenvalue weighted by molar-refractivity contribution is 0.0193. The van der Waals surface area contributed by atoms with E-state index in [0.29, 0.717) is 18.7 Å². The Morgan fingerprint density at radius 3 is 2.36 bits per heavy atom. The average Bonchev–Trinajstić information content (AvgIpc) is 3.87. The van der Waals surface area contributed by atoms with Crippen LogP contribution in [0.1, 0.15) is 67.1 Å². The van der Waals surface area contributed by atoms with Crippen molar-refractivity contribution in [3.05, 3.63) is 142 Å². The van der Waals surface area contributed by atoms with Crippen LogP contribution >= 0.6 is 0 Å². The number of amides is 2. The highest BCUT2D eigenvalue weighted by Crippen LogP contribution is 2.38. The fraction of sp³-hybridized carbons (Fsp3) is 0.348. The molecule has 5 heterocycles. The number of rotatable bonds is 9. The van der Waals surface area contributed by atoms with Crippen LogP contribution in [0.2, 0.25) is 0 Å². The van der Waals surface area contributed by atoms with E-state index in [4.69, 9.17) is 9.47 Å². The van der Waals surface area contributed by atoms with Crippen molar-refractivity contribution >= 4 is 17.5 Å². The number of aromatic nitrogens is 1. The van der Waals surface area contributed by atoms with Crippen molar-refractivity contribution in [2.75, 3.05) is 44.8 Å². The largest absolute Gasteiger partial charge is 0.489 e. The number of anilines is 1. The van der Waals surface area contributed by atoms with Gasteiger partial charge in [0.05, 0.1) is 18.8 Å². The summed E-state index contributed by atoms with van der Waals surface area (Å²) in [4.78, 5) is 35.9. The molecule has 0 aliphatic carbocycles. The van der Waals surface area contributed by atoms with E-state index in [0.717, 1.165) is 118 Å². The molecular weight excluding hydrogens is 687 g/mol. The molecule has 0 saturated carbocycles. The number of benzene rings is 4. The predicted octanol–water partition coefficient (Wildman–Crippen LogP) is 6.85. The minimum absolute atomic E-state index is 0.0434. The molecule has 0 unspecified atom stereocenters. The van der Waals surface area contributed by atoms with E-state index in [1.165, 1.54) is 22.3 Å². The summed E-state index contributed by atoms with van der Waals surface area (Å²) < 4.78 is 14.0. The van der Waals surface area contributed by atoms with Gasteiger partial charge in [-0.15, -0.1) is 0 Å². The van der Waals surface area contributed by atoms with Crippen molar-refractivity contribution in [2.24, 2.45) is 0 Å². The van der Waals surface area contributed by atoms with Crippen LogP contribution in [-0.4, -0.2) is 72.1 Å². The number of morpholine rings is 1. The van der Waals surface area contributed by atoms with Gasteiger partial charge in [0.2, 0.25) is 0 Å². The topological polar surface area (TPSA) is 79.3 Å². The number of carbonyl (C=O) groups is 2. The summed E-state index contributed by atoms with van der Waals surface area (Å²) in [6.07, 6.45) is 3.70. The first-order chi connectivity index (χ1) is 27.0. The second-order valence-corrected chi connectivity index (χ2v) is 15.4. The lowest BCUT2D eigenvalue weighted by Gasteiger charge is -2.40. The number of ether oxygens (including phenoxy) is 2. The number of hydrogen-bond donors (Lipinski definition) is 1. The van der Waals surface area contributed by atoms with Crippen molar-refractivity contribution in [3.8, 4) is 17.0 Å². The first-order valence-electron chi connectivity index (χ1n) is 19.8. The smallest absolute Gasteiger partial charge is 0.259 e. The van der Waals surface area contributed by atoms with E-state index >= 15 is 4.79 Å². The molecule has 0 spiro atoms. The lowest BCUT2D eigenvalue weighted by atomic mass is 9.91. The van der Waals surface area contributed by atoms with E-state index < -0.39 is 0 Å². The number of hydrogen-bond acceptors (Lipinski definition) is 6. The average molecular weight is 736 g/mol. The van der Waals surface area contributed by atoms with Gasteiger partial charge in [-0.2, -0.15) is 0 Å². The summed E-state index contributed by atoms with van der Waals surface area (Å²) >= 11 is 0. The van der Waals surface area contributed by atoms with Crippen LogP contribution in [0.15, 0.2) is 97.1 Å². The maximum absolute atomic E-state index is 15.2. The van der Waals surface area contributed by atoms with Gasteiger partial charge in [0.15, 0.2) is 0 Å². The molecule has 9 heteroatoms. The predicted molar refractivity (Wildman–Crippen MR) is 214 cm³/mol. The minimum Gasteiger partial charge on any atom is -0.489 e. The van der Waals surface area contributed by atoms with E-state index in [-0.39, 0.29) is 17.9 Å². The third-order valence-corrected chi connectivity index (χ3v) is 11.9. The van der Waals surface area contributed by atoms with Gasteiger partial charge in [0, 0.05) is 87.1 Å². The number of fused-ring (bicyclic) bond motifs is 3. The van der Waals surface area contributed by atoms with Crippen LogP contribution in [0.5, 0.6) is 5.75 Å². The van der Waals surface area contributed by atoms with Gasteiger partial charge >= 0.3 is 0 Å². The molecule has 1 saturated heterocycles. The quantitative estimate of drug-likeness (QED) is 0.179. The Labute approximate surface area is 323 Å². The number of nitrogens with one attached hydrogen (secondary N) is 1. The van der Waals surface area contributed by atoms with E-state index in [1.54, 1.807) is 4.90 Å². The molecule has 0 radical (unpaired) electrons. The molecule has 1 aromatic heterocycles. The molecule has 0 bridgehead atoms. The first kappa shape index (κ1) is 35.5. The van der Waals surface area contributed by atoms with E-state index in [9.17, 15) is 4.79 Å². The van der Waals surface area contributed by atoms with Gasteiger partial charge in [-0.1, -0.05) is 54.6 Å². The Morgan fingerprint density at radius 1 is 0.818 bits per heavy atom. The highest BCUT2D eigenvalue weighted by Gasteiger charge is 2.35. The molecule has 4 aliphatic rings. The molecule has 55 heavy (non-hydrogen) atoms. The van der Waals surface area contributed by atoms with Gasteiger partial charge in [0.1, 0.15) is 12.4 Å². The standard InChI is InChI=1S/C46H49N5O4/c1-48(37-14-16-39(17-15-37)55-31-32-9-3-2-4-10-32)45(52)42-26-44(50-18-8-7-13-43(42)50)40-24-35-27-47-28-36(35)25-41(40)46(53)51-29-34-12-6-5-11-33(34)23-38(51)30-49-19-21-54-22-20-49/h2-6,9-12,14-17,24-26,38,47H,7-8,13,18-23,27-31H2,1H3/t38-/m0/s1. The highest BCUT2D eigenvalue weighted by atomic mass is 16.5. The second kappa shape index (κ2) is 15.5. The number of nitrogens with zero attached hydrogens (tertiary/aromatic N) is 4. The molecule has 1 fully saturated rings. The van der Waals surface area contributed by atoms with Crippen LogP contribution in [0, 0.1) is 0 Å². The Balaban J connectivity index is 1.04. The maximum atomic E-state index is 15.2. The SMILES string of the molecule is CN(C(=O)c1cc(-c2cc3c(cc2C(=O)N2Cc4ccccc4C[C@H]2CN2CCOCC2)CNC3)n2c1CCCC2)c1ccc(OCc2ccccc2)cc1. The molecule has 4 aromatic carbocycles. The van der Waals surface area contributed by atoms with E-state index in [2.05, 4.69) is 62.1 Å². The monoisotopic (exact) mass is 735 g/mol. The second-order valence-electron chi connectivity index (χ2n) is 15.4. The molecule has 1 atom stereocenters. The summed E-state index contributed by atoms with van der Waals surface area (Å²) in [5, 5.41) is 3.51. The molecule has 1 N–H and O–H groups in total. The van der Waals surface area contributed by atoms with Crippen molar-refractivity contribution < 1.29 is 19.1 Å². The fourth-order valence-corrected chi connectivity index (χ4v) is 8.85. The van der Waals surface area contributed by atoms with Crippen molar-refractivity contribution in [3.63, 3.8) is 0 Å². The summed E-state index contributed by atoms with van der Waals surface area (Å²) in [6.45, 7) is 7.41. The zero-order valence-electron chi connectivity index (χ0n) is 31.6. The molecule has 9 nitrogen and oxygen atoms in total. The maximum Gasteiger partial charge on any atom is 0.259 e. The summed E-state index contributed by atoms with van der Waals surface area (Å²) in [7, 11) is 1.84. The van der Waals surface area contributed by atoms with Gasteiger partial charge in [-0.25, -0.2) is 0 Å². The van der Waals surface area contributed by atoms with Gasteiger partial charge in [-0.3, -0.25) is 14.5 Å². The number of carbonyl (C=O) groups excluding carboxylic acids is 2. The molecule has 5 aromatic rings. The Bertz CT molecular complexity index is 2190. The molecular formula is C46H49N5O4. The molecule has 4 aliphatic heterocycles. The molecule has 2 amide bonds. The van der Waals surface area contributed by atoms with E-state index in [1.807, 2.05) is 61.6 Å². The normalized spacial score (nSPS) is 18.0. The Kier molecular flexibility index (Phi) is 9.99. The van der Waals surface area contributed by atoms with Gasteiger partial charge < -0.3 is 29.2 Å². The zero-order chi connectivity index (χ0) is 37.3. The van der Waals surface area contributed by atoms with Crippen molar-refractivity contribution in [1.29, 1.82) is 0 Å². The summed E-state index contributed by atoms with van der Waals surface area (Å²) in [5.74, 6) is 0.761. The van der Waals surface area contributed by atoms with Crippen LogP contribution in [-0.2, 0) is 50.4 Å². The molecule has 9 rings (SSSR count).